The van der Waals surface area contributed by atoms with E-state index in [0.29, 0.717) is 5.75 Å². The van der Waals surface area contributed by atoms with Crippen molar-refractivity contribution in [3.63, 3.8) is 0 Å². The summed E-state index contributed by atoms with van der Waals surface area (Å²) in [5.41, 5.74) is 5.09. The largest absolute Gasteiger partial charge is 0.497 e. The van der Waals surface area contributed by atoms with E-state index < -0.39 is 0 Å². The highest BCUT2D eigenvalue weighted by atomic mass is 32.2. The van der Waals surface area contributed by atoms with Crippen LogP contribution in [-0.4, -0.2) is 31.8 Å². The number of aromatic nitrogens is 5. The number of rotatable bonds is 7. The Morgan fingerprint density at radius 1 is 0.970 bits per heavy atom. The highest BCUT2D eigenvalue weighted by Crippen LogP contribution is 2.31. The summed E-state index contributed by atoms with van der Waals surface area (Å²) < 4.78 is 7.40. The molecule has 8 heteroatoms. The number of pyridine rings is 1. The summed E-state index contributed by atoms with van der Waals surface area (Å²) >= 11 is 3.22. The minimum atomic E-state index is 0.690. The van der Waals surface area contributed by atoms with Gasteiger partial charge in [-0.15, -0.1) is 21.5 Å². The minimum absolute atomic E-state index is 0.690. The van der Waals surface area contributed by atoms with Crippen molar-refractivity contribution >= 4 is 23.1 Å². The second kappa shape index (κ2) is 9.56. The second-order valence-electron chi connectivity index (χ2n) is 7.35. The molecule has 0 spiro atoms. The van der Waals surface area contributed by atoms with E-state index in [1.54, 1.807) is 36.4 Å². The van der Waals surface area contributed by atoms with E-state index in [1.165, 1.54) is 5.56 Å². The van der Waals surface area contributed by atoms with Crippen LogP contribution in [0, 0.1) is 6.92 Å². The van der Waals surface area contributed by atoms with Gasteiger partial charge in [0.1, 0.15) is 10.8 Å². The number of hydrogen-bond donors (Lipinski definition) is 0. The predicted octanol–water partition coefficient (Wildman–Crippen LogP) is 6.06. The average molecular weight is 472 g/mol. The summed E-state index contributed by atoms with van der Waals surface area (Å²) in [7, 11) is 1.66. The highest BCUT2D eigenvalue weighted by Gasteiger charge is 2.17. The van der Waals surface area contributed by atoms with E-state index >= 15 is 0 Å². The van der Waals surface area contributed by atoms with Gasteiger partial charge in [-0.3, -0.25) is 9.55 Å². The number of methoxy groups -OCH3 is 1. The number of hydrogen-bond acceptors (Lipinski definition) is 7. The van der Waals surface area contributed by atoms with E-state index in [4.69, 9.17) is 9.72 Å². The van der Waals surface area contributed by atoms with Crippen LogP contribution < -0.4 is 4.74 Å². The van der Waals surface area contributed by atoms with Crippen LogP contribution in [0.4, 0.5) is 0 Å². The summed E-state index contributed by atoms with van der Waals surface area (Å²) in [6.07, 6.45) is 1.79. The van der Waals surface area contributed by atoms with E-state index in [-0.39, 0.29) is 0 Å². The molecular weight excluding hydrogens is 450 g/mol. The zero-order valence-electron chi connectivity index (χ0n) is 18.2. The van der Waals surface area contributed by atoms with Crippen molar-refractivity contribution in [1.82, 2.24) is 24.7 Å². The third kappa shape index (κ3) is 4.67. The van der Waals surface area contributed by atoms with Gasteiger partial charge in [0.15, 0.2) is 11.0 Å². The lowest BCUT2D eigenvalue weighted by Gasteiger charge is -2.11. The summed E-state index contributed by atoms with van der Waals surface area (Å²) in [4.78, 5) is 9.15. The summed E-state index contributed by atoms with van der Waals surface area (Å²) in [5, 5.41) is 12.9. The lowest BCUT2D eigenvalue weighted by atomic mass is 10.2. The Labute approximate surface area is 200 Å². The van der Waals surface area contributed by atoms with E-state index in [2.05, 4.69) is 56.3 Å². The Kier molecular flexibility index (Phi) is 6.19. The van der Waals surface area contributed by atoms with Gasteiger partial charge in [-0.1, -0.05) is 35.5 Å². The van der Waals surface area contributed by atoms with Crippen LogP contribution in [-0.2, 0) is 5.75 Å². The van der Waals surface area contributed by atoms with Crippen molar-refractivity contribution in [3.8, 4) is 33.5 Å². The first-order chi connectivity index (χ1) is 16.2. The van der Waals surface area contributed by atoms with Gasteiger partial charge in [-0.05, 0) is 55.5 Å². The maximum absolute atomic E-state index is 5.30. The molecule has 0 saturated carbocycles. The fourth-order valence-electron chi connectivity index (χ4n) is 3.34. The molecule has 0 aliphatic carbocycles. The van der Waals surface area contributed by atoms with Gasteiger partial charge >= 0.3 is 0 Å². The molecule has 0 N–H and O–H groups in total. The molecule has 0 amide bonds. The summed E-state index contributed by atoms with van der Waals surface area (Å²) in [5.74, 6) is 2.29. The molecule has 6 nitrogen and oxygen atoms in total. The molecule has 0 unspecified atom stereocenters. The fraction of sp³-hybridized carbons (Fsp3) is 0.120. The first-order valence-corrected chi connectivity index (χ1v) is 12.2. The lowest BCUT2D eigenvalue weighted by Crippen LogP contribution is -2.00. The molecule has 2 aromatic carbocycles. The quantitative estimate of drug-likeness (QED) is 0.269. The molecule has 0 bridgehead atoms. The van der Waals surface area contributed by atoms with Gasteiger partial charge in [0.2, 0.25) is 0 Å². The van der Waals surface area contributed by atoms with Crippen LogP contribution in [0.2, 0.25) is 0 Å². The van der Waals surface area contributed by atoms with Crippen molar-refractivity contribution < 1.29 is 4.74 Å². The molecule has 0 aliphatic heterocycles. The predicted molar refractivity (Wildman–Crippen MR) is 133 cm³/mol. The average Bonchev–Trinajstić information content (AvgIpc) is 3.51. The molecule has 0 atom stereocenters. The molecule has 164 valence electrons. The van der Waals surface area contributed by atoms with Gasteiger partial charge in [-0.25, -0.2) is 4.98 Å². The number of thioether (sulfide) groups is 1. The molecule has 33 heavy (non-hydrogen) atoms. The number of ether oxygens (including phenoxy) is 1. The van der Waals surface area contributed by atoms with Crippen molar-refractivity contribution in [2.75, 3.05) is 7.11 Å². The molecule has 3 aromatic heterocycles. The minimum Gasteiger partial charge on any atom is -0.497 e. The van der Waals surface area contributed by atoms with Gasteiger partial charge in [0.25, 0.3) is 0 Å². The zero-order chi connectivity index (χ0) is 22.6. The molecule has 3 heterocycles. The monoisotopic (exact) mass is 471 g/mol. The molecule has 0 radical (unpaired) electrons. The Bertz CT molecular complexity index is 1350. The Balaban J connectivity index is 1.45. The van der Waals surface area contributed by atoms with Crippen LogP contribution in [0.3, 0.4) is 0 Å². The Morgan fingerprint density at radius 2 is 1.79 bits per heavy atom. The van der Waals surface area contributed by atoms with Gasteiger partial charge in [0, 0.05) is 28.6 Å². The smallest absolute Gasteiger partial charge is 0.196 e. The molecule has 5 aromatic rings. The fourth-order valence-corrected chi connectivity index (χ4v) is 5.08. The molecule has 0 aliphatic rings. The number of aryl methyl sites for hydroxylation is 1. The summed E-state index contributed by atoms with van der Waals surface area (Å²) in [6.45, 7) is 2.08. The number of nitrogens with zero attached hydrogens (tertiary/aromatic N) is 5. The van der Waals surface area contributed by atoms with Crippen LogP contribution in [0.25, 0.3) is 27.8 Å². The topological polar surface area (TPSA) is 65.7 Å². The van der Waals surface area contributed by atoms with Crippen LogP contribution in [0.1, 0.15) is 11.3 Å². The first-order valence-electron chi connectivity index (χ1n) is 10.4. The Morgan fingerprint density at radius 3 is 2.52 bits per heavy atom. The summed E-state index contributed by atoms with van der Waals surface area (Å²) in [6, 6.07) is 22.1. The molecule has 0 saturated heterocycles. The van der Waals surface area contributed by atoms with Crippen molar-refractivity contribution in [1.29, 1.82) is 0 Å². The van der Waals surface area contributed by atoms with Gasteiger partial charge in [-0.2, -0.15) is 0 Å². The second-order valence-corrected chi connectivity index (χ2v) is 9.15. The van der Waals surface area contributed by atoms with Gasteiger partial charge < -0.3 is 4.74 Å². The van der Waals surface area contributed by atoms with Crippen molar-refractivity contribution in [3.05, 3.63) is 89.6 Å². The zero-order valence-corrected chi connectivity index (χ0v) is 19.8. The SMILES string of the molecule is COc1ccc(-c2nnc(SCc3csc(-c4ccccn4)n3)n2-c2ccc(C)cc2)cc1. The molecule has 5 rings (SSSR count). The van der Waals surface area contributed by atoms with Crippen LogP contribution in [0.5, 0.6) is 5.75 Å². The lowest BCUT2D eigenvalue weighted by molar-refractivity contribution is 0.415. The maximum atomic E-state index is 5.30. The van der Waals surface area contributed by atoms with E-state index in [0.717, 1.165) is 44.4 Å². The van der Waals surface area contributed by atoms with Crippen molar-refractivity contribution in [2.45, 2.75) is 17.8 Å². The van der Waals surface area contributed by atoms with Crippen molar-refractivity contribution in [2.24, 2.45) is 0 Å². The Hall–Kier alpha value is -3.49. The normalized spacial score (nSPS) is 11.0. The van der Waals surface area contributed by atoms with E-state index in [9.17, 15) is 0 Å². The highest BCUT2D eigenvalue weighted by molar-refractivity contribution is 7.98. The number of benzene rings is 2. The van der Waals surface area contributed by atoms with E-state index in [1.807, 2.05) is 42.5 Å². The molecular formula is C25H21N5OS2. The van der Waals surface area contributed by atoms with Gasteiger partial charge in [0.05, 0.1) is 18.5 Å². The standard InChI is InChI=1S/C25H21N5OS2/c1-17-6-10-20(11-7-17)30-23(18-8-12-21(31-2)13-9-18)28-29-25(30)33-16-19-15-32-24(27-19)22-5-3-4-14-26-22/h3-15H,16H2,1-2H3. The van der Waals surface area contributed by atoms with Crippen LogP contribution in [0.15, 0.2) is 83.5 Å². The maximum Gasteiger partial charge on any atom is 0.196 e. The number of thiazole rings is 1. The first kappa shape index (κ1) is 21.4. The molecule has 0 fully saturated rings. The third-order valence-electron chi connectivity index (χ3n) is 5.06. The van der Waals surface area contributed by atoms with Crippen LogP contribution >= 0.6 is 23.1 Å². The third-order valence-corrected chi connectivity index (χ3v) is 6.93.